The van der Waals surface area contributed by atoms with Gasteiger partial charge in [0, 0.05) is 25.5 Å². The van der Waals surface area contributed by atoms with Gasteiger partial charge in [-0.1, -0.05) is 54.0 Å². The summed E-state index contributed by atoms with van der Waals surface area (Å²) in [5.74, 6) is 0. The maximum atomic E-state index is 9.04. The molecule has 4 heterocycles. The lowest BCUT2D eigenvalue weighted by atomic mass is 9.80. The molecule has 189 valence electrons. The number of hydrogen-bond donors (Lipinski definition) is 3. The minimum atomic E-state index is -1.42. The molecule has 0 spiro atoms. The van der Waals surface area contributed by atoms with E-state index in [4.69, 9.17) is 15.1 Å². The normalized spacial score (nSPS) is 10.5. The summed E-state index contributed by atoms with van der Waals surface area (Å²) in [5.41, 5.74) is 7.38. The molecule has 6 rings (SSSR count). The molecular formula is C26H25B2N6O4. The quantitative estimate of drug-likeness (QED) is 0.270. The number of benzene rings is 2. The predicted molar refractivity (Wildman–Crippen MR) is 147 cm³/mol. The molecule has 0 unspecified atom stereocenters. The zero-order chi connectivity index (χ0) is 25.6. The summed E-state index contributed by atoms with van der Waals surface area (Å²) in [6.45, 7) is 1.43. The van der Waals surface area contributed by atoms with Gasteiger partial charge in [0.1, 0.15) is 5.52 Å². The van der Waals surface area contributed by atoms with Crippen molar-refractivity contribution in [3.05, 3.63) is 109 Å². The fraction of sp³-hybridized carbons (Fsp3) is 0.0769. The number of nitrogens with zero attached hydrogens (tertiary/aromatic N) is 6. The van der Waals surface area contributed by atoms with Crippen LogP contribution in [0.3, 0.4) is 0 Å². The van der Waals surface area contributed by atoms with Crippen LogP contribution in [0.1, 0.15) is 11.1 Å². The Morgan fingerprint density at radius 3 is 1.92 bits per heavy atom. The Hall–Kier alpha value is -4.35. The van der Waals surface area contributed by atoms with Crippen molar-refractivity contribution in [3.63, 3.8) is 0 Å². The molecule has 0 amide bonds. The van der Waals surface area contributed by atoms with Crippen LogP contribution < -0.4 is 10.9 Å². The molecule has 0 atom stereocenters. The minimum absolute atomic E-state index is 0. The molecule has 0 aliphatic heterocycles. The number of hydrogen-bond acceptors (Lipinski definition) is 7. The number of fused-ring (bicyclic) bond motifs is 2. The van der Waals surface area contributed by atoms with E-state index in [0.29, 0.717) is 12.0 Å². The van der Waals surface area contributed by atoms with E-state index in [9.17, 15) is 0 Å². The van der Waals surface area contributed by atoms with Crippen LogP contribution in [0, 0.1) is 0 Å². The molecule has 0 bridgehead atoms. The van der Waals surface area contributed by atoms with Crippen LogP contribution in [0.5, 0.6) is 0 Å². The summed E-state index contributed by atoms with van der Waals surface area (Å²) in [7, 11) is -0.325. The largest absolute Gasteiger partial charge is 0.488 e. The molecule has 38 heavy (non-hydrogen) atoms. The van der Waals surface area contributed by atoms with Crippen molar-refractivity contribution in [2.75, 3.05) is 0 Å². The van der Waals surface area contributed by atoms with Crippen LogP contribution in [0.4, 0.5) is 0 Å². The molecule has 10 nitrogen and oxygen atoms in total. The zero-order valence-corrected chi connectivity index (χ0v) is 20.3. The van der Waals surface area contributed by atoms with Gasteiger partial charge >= 0.3 is 14.6 Å². The monoisotopic (exact) mass is 507 g/mol. The fourth-order valence-corrected chi connectivity index (χ4v) is 3.97. The van der Waals surface area contributed by atoms with Crippen LogP contribution in [-0.2, 0) is 13.1 Å². The molecule has 4 aromatic heterocycles. The molecule has 12 heteroatoms. The van der Waals surface area contributed by atoms with Crippen molar-refractivity contribution < 1.29 is 20.5 Å². The van der Waals surface area contributed by atoms with E-state index < -0.39 is 7.12 Å². The average Bonchev–Trinajstić information content (AvgIpc) is 3.54. The average molecular weight is 507 g/mol. The third kappa shape index (κ3) is 6.13. The number of aromatic nitrogens is 6. The van der Waals surface area contributed by atoms with Crippen molar-refractivity contribution in [2.45, 2.75) is 13.1 Å². The Kier molecular flexibility index (Phi) is 8.62. The highest BCUT2D eigenvalue weighted by Crippen LogP contribution is 2.13. The Morgan fingerprint density at radius 2 is 1.26 bits per heavy atom. The molecule has 5 N–H and O–H groups in total. The lowest BCUT2D eigenvalue weighted by Gasteiger charge is -2.05. The van der Waals surface area contributed by atoms with E-state index >= 15 is 0 Å². The maximum absolute atomic E-state index is 9.04. The molecule has 1 radical (unpaired) electrons. The first kappa shape index (κ1) is 26.7. The van der Waals surface area contributed by atoms with Gasteiger partial charge in [0.15, 0.2) is 0 Å². The number of imidazole rings is 2. The van der Waals surface area contributed by atoms with Gasteiger partial charge in [-0.05, 0) is 28.7 Å². The summed E-state index contributed by atoms with van der Waals surface area (Å²) in [4.78, 5) is 16.8. The standard InChI is InChI=1S/C13H12BN3O2.C13H11BN3O.H2O/c18-14(19)11-3-1-10(2-4-11)8-17-9-16-12-5-6-15-7-13(12)17;18-14-11-3-1-10(2-4-11)8-17-9-16-12-7-15-6-5-13(12)17;/h1-7,9,18-19H,8H2;1-7,9,18H,8H2;1H2. The lowest BCUT2D eigenvalue weighted by Crippen LogP contribution is -2.29. The van der Waals surface area contributed by atoms with Gasteiger partial charge in [-0.25, -0.2) is 9.97 Å². The van der Waals surface area contributed by atoms with Crippen LogP contribution in [0.2, 0.25) is 0 Å². The first-order valence-electron chi connectivity index (χ1n) is 11.6. The van der Waals surface area contributed by atoms with E-state index in [-0.39, 0.29) is 5.48 Å². The molecule has 2 aromatic carbocycles. The number of rotatable bonds is 6. The van der Waals surface area contributed by atoms with Crippen LogP contribution >= 0.6 is 0 Å². The van der Waals surface area contributed by atoms with Gasteiger partial charge in [0.25, 0.3) is 0 Å². The van der Waals surface area contributed by atoms with Crippen molar-refractivity contribution in [2.24, 2.45) is 0 Å². The van der Waals surface area contributed by atoms with E-state index in [2.05, 4.69) is 24.5 Å². The summed E-state index contributed by atoms with van der Waals surface area (Å²) in [6.07, 6.45) is 10.6. The topological polar surface area (TPSA) is 154 Å². The summed E-state index contributed by atoms with van der Waals surface area (Å²) >= 11 is 0. The van der Waals surface area contributed by atoms with Gasteiger partial charge in [-0.2, -0.15) is 0 Å². The highest BCUT2D eigenvalue weighted by Gasteiger charge is 2.10. The first-order valence-corrected chi connectivity index (χ1v) is 11.6. The smallest absolute Gasteiger partial charge is 0.450 e. The predicted octanol–water partition coefficient (Wildman–Crippen LogP) is 0.0511. The van der Waals surface area contributed by atoms with E-state index in [1.54, 1.807) is 43.2 Å². The Balaban J connectivity index is 0.000000173. The van der Waals surface area contributed by atoms with Gasteiger partial charge in [0.05, 0.1) is 41.6 Å². The van der Waals surface area contributed by atoms with E-state index in [1.807, 2.05) is 59.4 Å². The maximum Gasteiger partial charge on any atom is 0.488 e. The second-order valence-electron chi connectivity index (χ2n) is 8.46. The van der Waals surface area contributed by atoms with E-state index in [1.165, 1.54) is 0 Å². The summed E-state index contributed by atoms with van der Waals surface area (Å²) in [5, 5.41) is 27.0. The molecule has 0 saturated carbocycles. The minimum Gasteiger partial charge on any atom is -0.450 e. The molecule has 6 aromatic rings. The van der Waals surface area contributed by atoms with Crippen molar-refractivity contribution >= 4 is 47.6 Å². The molecular weight excluding hydrogens is 482 g/mol. The Labute approximate surface area is 219 Å². The molecule has 0 fully saturated rings. The van der Waals surface area contributed by atoms with Crippen molar-refractivity contribution in [1.29, 1.82) is 0 Å². The first-order chi connectivity index (χ1) is 18.1. The summed E-state index contributed by atoms with van der Waals surface area (Å²) < 4.78 is 4.08. The van der Waals surface area contributed by atoms with Crippen LogP contribution in [-0.4, -0.2) is 64.2 Å². The molecule has 0 aliphatic rings. The Bertz CT molecular complexity index is 1600. The molecule has 0 saturated heterocycles. The Morgan fingerprint density at radius 1 is 0.684 bits per heavy atom. The third-order valence-electron chi connectivity index (χ3n) is 5.96. The fourth-order valence-electron chi connectivity index (χ4n) is 3.97. The molecule has 0 aliphatic carbocycles. The van der Waals surface area contributed by atoms with Crippen molar-refractivity contribution in [3.8, 4) is 0 Å². The highest BCUT2D eigenvalue weighted by molar-refractivity contribution is 6.58. The van der Waals surface area contributed by atoms with E-state index in [0.717, 1.165) is 52.7 Å². The lowest BCUT2D eigenvalue weighted by molar-refractivity contribution is 0.426. The van der Waals surface area contributed by atoms with Gasteiger partial charge in [-0.3, -0.25) is 9.97 Å². The van der Waals surface area contributed by atoms with Gasteiger partial charge < -0.3 is 29.7 Å². The summed E-state index contributed by atoms with van der Waals surface area (Å²) in [6, 6.07) is 18.7. The second kappa shape index (κ2) is 12.3. The van der Waals surface area contributed by atoms with Gasteiger partial charge in [0.2, 0.25) is 0 Å². The SMILES string of the molecule is O.OB(O)c1ccc(Cn2cnc3ccncc32)cc1.O[B]c1ccc(Cn2cnc3cnccc32)cc1. The highest BCUT2D eigenvalue weighted by atomic mass is 16.4. The van der Waals surface area contributed by atoms with Crippen LogP contribution in [0.25, 0.3) is 22.1 Å². The van der Waals surface area contributed by atoms with Crippen LogP contribution in [0.15, 0.2) is 98.1 Å². The number of pyridine rings is 2. The zero-order valence-electron chi connectivity index (χ0n) is 20.3. The van der Waals surface area contributed by atoms with Gasteiger partial charge in [-0.15, -0.1) is 0 Å². The third-order valence-corrected chi connectivity index (χ3v) is 5.96. The second-order valence-corrected chi connectivity index (χ2v) is 8.46. The van der Waals surface area contributed by atoms with Crippen molar-refractivity contribution in [1.82, 2.24) is 29.1 Å².